The van der Waals surface area contributed by atoms with Crippen LogP contribution in [0.2, 0.25) is 0 Å². The summed E-state index contributed by atoms with van der Waals surface area (Å²) in [7, 11) is 0. The van der Waals surface area contributed by atoms with Gasteiger partial charge in [0, 0.05) is 27.3 Å². The Morgan fingerprint density at radius 2 is 2.06 bits per heavy atom. The number of nitrogens with two attached hydrogens (primary N) is 1. The second kappa shape index (κ2) is 5.83. The van der Waals surface area contributed by atoms with Crippen molar-refractivity contribution in [3.63, 3.8) is 0 Å². The molecule has 0 radical (unpaired) electrons. The van der Waals surface area contributed by atoms with Gasteiger partial charge in [0.15, 0.2) is 11.0 Å². The number of hydrogen-bond acceptors (Lipinski definition) is 5. The van der Waals surface area contributed by atoms with Gasteiger partial charge in [-0.3, -0.25) is 0 Å². The van der Waals surface area contributed by atoms with E-state index in [1.54, 1.807) is 30.6 Å². The van der Waals surface area contributed by atoms with E-state index in [1.165, 1.54) is 11.8 Å². The molecule has 0 bridgehead atoms. The van der Waals surface area contributed by atoms with Crippen LogP contribution < -0.4 is 5.73 Å². The number of amidine groups is 1. The van der Waals surface area contributed by atoms with Gasteiger partial charge in [-0.15, -0.1) is 0 Å². The van der Waals surface area contributed by atoms with Crippen LogP contribution in [0.15, 0.2) is 56.3 Å². The molecule has 2 aromatic rings. The van der Waals surface area contributed by atoms with Crippen molar-refractivity contribution in [2.24, 2.45) is 10.9 Å². The summed E-state index contributed by atoms with van der Waals surface area (Å²) < 4.78 is 0.837. The molecule has 3 N–H and O–H groups in total. The first kappa shape index (κ1) is 12.8. The van der Waals surface area contributed by atoms with Crippen LogP contribution in [-0.4, -0.2) is 21.0 Å². The molecule has 92 valence electrons. The first-order valence-corrected chi connectivity index (χ1v) is 6.54. The molecule has 1 aromatic heterocycles. The Bertz CT molecular complexity index is 577. The maximum atomic E-state index is 8.61. The topological polar surface area (TPSA) is 84.4 Å². The molecule has 18 heavy (non-hydrogen) atoms. The van der Waals surface area contributed by atoms with E-state index in [2.05, 4.69) is 31.1 Å². The van der Waals surface area contributed by atoms with E-state index in [4.69, 9.17) is 10.9 Å². The highest BCUT2D eigenvalue weighted by Crippen LogP contribution is 2.31. The Morgan fingerprint density at radius 1 is 1.33 bits per heavy atom. The number of rotatable bonds is 3. The predicted octanol–water partition coefficient (Wildman–Crippen LogP) is 2.48. The van der Waals surface area contributed by atoms with Gasteiger partial charge < -0.3 is 10.9 Å². The quantitative estimate of drug-likeness (QED) is 0.298. The summed E-state index contributed by atoms with van der Waals surface area (Å²) in [4.78, 5) is 9.22. The first-order valence-electron chi connectivity index (χ1n) is 4.93. The van der Waals surface area contributed by atoms with Gasteiger partial charge in [0.1, 0.15) is 0 Å². The van der Waals surface area contributed by atoms with Crippen LogP contribution in [0.4, 0.5) is 0 Å². The zero-order chi connectivity index (χ0) is 13.0. The lowest BCUT2D eigenvalue weighted by Gasteiger charge is -2.05. The standard InChI is InChI=1S/C11H9BrN4OS/c12-8-6-7(10(13)16-17)2-3-9(8)18-11-14-4-1-5-15-11/h1-6,17H,(H2,13,16). The van der Waals surface area contributed by atoms with Crippen molar-refractivity contribution in [3.8, 4) is 0 Å². The molecule has 0 amide bonds. The van der Waals surface area contributed by atoms with E-state index in [-0.39, 0.29) is 5.84 Å². The molecular weight excluding hydrogens is 316 g/mol. The van der Waals surface area contributed by atoms with Crippen molar-refractivity contribution >= 4 is 33.5 Å². The number of hydrogen-bond donors (Lipinski definition) is 2. The SMILES string of the molecule is N/C(=N/O)c1ccc(Sc2ncccn2)c(Br)c1. The number of halogens is 1. The largest absolute Gasteiger partial charge is 0.409 e. The van der Waals surface area contributed by atoms with Crippen LogP contribution in [0.25, 0.3) is 0 Å². The van der Waals surface area contributed by atoms with Gasteiger partial charge in [-0.05, 0) is 52.0 Å². The lowest BCUT2D eigenvalue weighted by atomic mass is 10.2. The smallest absolute Gasteiger partial charge is 0.192 e. The summed E-state index contributed by atoms with van der Waals surface area (Å²) in [6.45, 7) is 0. The summed E-state index contributed by atoms with van der Waals surface area (Å²) >= 11 is 4.86. The molecule has 1 aromatic carbocycles. The molecule has 0 fully saturated rings. The molecule has 0 spiro atoms. The highest BCUT2D eigenvalue weighted by molar-refractivity contribution is 9.10. The molecule has 5 nitrogen and oxygen atoms in total. The molecule has 0 aliphatic rings. The van der Waals surface area contributed by atoms with Crippen molar-refractivity contribution in [2.45, 2.75) is 10.1 Å². The molecule has 2 rings (SSSR count). The Balaban J connectivity index is 2.26. The van der Waals surface area contributed by atoms with Crippen LogP contribution in [0.3, 0.4) is 0 Å². The van der Waals surface area contributed by atoms with E-state index < -0.39 is 0 Å². The zero-order valence-electron chi connectivity index (χ0n) is 9.12. The minimum absolute atomic E-state index is 0.0724. The molecule has 0 saturated heterocycles. The highest BCUT2D eigenvalue weighted by Gasteiger charge is 2.07. The Labute approximate surface area is 116 Å². The van der Waals surface area contributed by atoms with Crippen LogP contribution in [0, 0.1) is 0 Å². The number of aromatic nitrogens is 2. The summed E-state index contributed by atoms with van der Waals surface area (Å²) in [6, 6.07) is 7.17. The van der Waals surface area contributed by atoms with Crippen LogP contribution in [0.5, 0.6) is 0 Å². The Kier molecular flexibility index (Phi) is 4.16. The second-order valence-corrected chi connectivity index (χ2v) is 5.13. The van der Waals surface area contributed by atoms with Crippen LogP contribution >= 0.6 is 27.7 Å². The van der Waals surface area contributed by atoms with Gasteiger partial charge >= 0.3 is 0 Å². The van der Waals surface area contributed by atoms with Crippen molar-refractivity contribution < 1.29 is 5.21 Å². The molecular formula is C11H9BrN4OS. The minimum Gasteiger partial charge on any atom is -0.409 e. The van der Waals surface area contributed by atoms with Gasteiger partial charge in [-0.1, -0.05) is 5.16 Å². The molecule has 0 saturated carbocycles. The highest BCUT2D eigenvalue weighted by atomic mass is 79.9. The fourth-order valence-corrected chi connectivity index (χ4v) is 2.58. The van der Waals surface area contributed by atoms with Gasteiger partial charge in [0.2, 0.25) is 0 Å². The fraction of sp³-hybridized carbons (Fsp3) is 0. The van der Waals surface area contributed by atoms with Crippen LogP contribution in [0.1, 0.15) is 5.56 Å². The summed E-state index contributed by atoms with van der Waals surface area (Å²) in [5.74, 6) is 0.0724. The summed E-state index contributed by atoms with van der Waals surface area (Å²) in [6.07, 6.45) is 3.38. The fourth-order valence-electron chi connectivity index (χ4n) is 1.24. The Morgan fingerprint density at radius 3 is 2.67 bits per heavy atom. The van der Waals surface area contributed by atoms with Gasteiger partial charge in [0.25, 0.3) is 0 Å². The van der Waals surface area contributed by atoms with E-state index in [0.717, 1.165) is 9.37 Å². The summed E-state index contributed by atoms with van der Waals surface area (Å²) in [5.41, 5.74) is 6.15. The van der Waals surface area contributed by atoms with Crippen molar-refractivity contribution in [3.05, 3.63) is 46.7 Å². The minimum atomic E-state index is 0.0724. The third-order valence-corrected chi connectivity index (χ3v) is 3.97. The van der Waals surface area contributed by atoms with Crippen molar-refractivity contribution in [1.29, 1.82) is 0 Å². The third kappa shape index (κ3) is 2.99. The van der Waals surface area contributed by atoms with Gasteiger partial charge in [-0.2, -0.15) is 0 Å². The number of nitrogens with zero attached hydrogens (tertiary/aromatic N) is 3. The number of benzene rings is 1. The maximum Gasteiger partial charge on any atom is 0.192 e. The maximum absolute atomic E-state index is 8.61. The lowest BCUT2D eigenvalue weighted by Crippen LogP contribution is -2.12. The van der Waals surface area contributed by atoms with E-state index in [0.29, 0.717) is 10.7 Å². The molecule has 0 unspecified atom stereocenters. The van der Waals surface area contributed by atoms with E-state index in [9.17, 15) is 0 Å². The molecule has 7 heteroatoms. The van der Waals surface area contributed by atoms with Crippen molar-refractivity contribution in [2.75, 3.05) is 0 Å². The average Bonchev–Trinajstić information content (AvgIpc) is 2.41. The lowest BCUT2D eigenvalue weighted by molar-refractivity contribution is 0.318. The zero-order valence-corrected chi connectivity index (χ0v) is 11.5. The third-order valence-electron chi connectivity index (χ3n) is 2.08. The van der Waals surface area contributed by atoms with E-state index in [1.807, 2.05) is 6.07 Å². The Hall–Kier alpha value is -1.60. The van der Waals surface area contributed by atoms with Gasteiger partial charge in [-0.25, -0.2) is 9.97 Å². The second-order valence-electron chi connectivity index (χ2n) is 3.26. The molecule has 0 aliphatic carbocycles. The van der Waals surface area contributed by atoms with Gasteiger partial charge in [0.05, 0.1) is 0 Å². The average molecular weight is 325 g/mol. The number of oxime groups is 1. The molecule has 0 atom stereocenters. The first-order chi connectivity index (χ1) is 8.70. The monoisotopic (exact) mass is 324 g/mol. The normalized spacial score (nSPS) is 11.5. The van der Waals surface area contributed by atoms with E-state index >= 15 is 0 Å². The predicted molar refractivity (Wildman–Crippen MR) is 72.8 cm³/mol. The van der Waals surface area contributed by atoms with Crippen LogP contribution in [-0.2, 0) is 0 Å². The molecule has 1 heterocycles. The summed E-state index contributed by atoms with van der Waals surface area (Å²) in [5, 5.41) is 12.2. The van der Waals surface area contributed by atoms with Crippen molar-refractivity contribution in [1.82, 2.24) is 9.97 Å². The molecule has 0 aliphatic heterocycles.